The third-order valence-corrected chi connectivity index (χ3v) is 5.10. The van der Waals surface area contributed by atoms with Crippen LogP contribution in [0.4, 0.5) is 4.39 Å². The van der Waals surface area contributed by atoms with Gasteiger partial charge in [-0.05, 0) is 42.7 Å². The summed E-state index contributed by atoms with van der Waals surface area (Å²) in [4.78, 5) is 18.8. The third kappa shape index (κ3) is 5.67. The monoisotopic (exact) mass is 425 g/mol. The van der Waals surface area contributed by atoms with E-state index >= 15 is 0 Å². The van der Waals surface area contributed by atoms with Crippen molar-refractivity contribution in [1.82, 2.24) is 15.0 Å². The van der Waals surface area contributed by atoms with Gasteiger partial charge in [-0.25, -0.2) is 4.39 Å². The highest BCUT2D eigenvalue weighted by Crippen LogP contribution is 2.31. The number of nitrogens with zero attached hydrogens (tertiary/aromatic N) is 3. The smallest absolute Gasteiger partial charge is 0.261 e. The predicted octanol–water partition coefficient (Wildman–Crippen LogP) is 3.71. The number of carbonyl (C=O) groups is 1. The normalized spacial score (nSPS) is 15.9. The maximum atomic E-state index is 13.0. The first-order valence-corrected chi connectivity index (χ1v) is 10.3. The van der Waals surface area contributed by atoms with Crippen LogP contribution >= 0.6 is 0 Å². The van der Waals surface area contributed by atoms with Crippen LogP contribution in [0.5, 0.6) is 5.75 Å². The SMILES string of the molecule is O=C(COc1ccc(F)cc1)N1CCCC1c1nc(CCOCc2ccccc2)no1. The average Bonchev–Trinajstić information content (AvgIpc) is 3.46. The molecule has 1 aliphatic rings. The highest BCUT2D eigenvalue weighted by atomic mass is 19.1. The van der Waals surface area contributed by atoms with Gasteiger partial charge in [0.25, 0.3) is 5.91 Å². The molecule has 1 saturated heterocycles. The van der Waals surface area contributed by atoms with Crippen molar-refractivity contribution >= 4 is 5.91 Å². The van der Waals surface area contributed by atoms with Crippen LogP contribution in [0.1, 0.15) is 36.2 Å². The minimum atomic E-state index is -0.351. The summed E-state index contributed by atoms with van der Waals surface area (Å²) < 4.78 is 29.6. The van der Waals surface area contributed by atoms with Crippen LogP contribution in [0.25, 0.3) is 0 Å². The van der Waals surface area contributed by atoms with Gasteiger partial charge < -0.3 is 18.9 Å². The number of rotatable bonds is 9. The lowest BCUT2D eigenvalue weighted by molar-refractivity contribution is -0.134. The van der Waals surface area contributed by atoms with E-state index in [9.17, 15) is 9.18 Å². The second-order valence-corrected chi connectivity index (χ2v) is 7.32. The minimum absolute atomic E-state index is 0.129. The van der Waals surface area contributed by atoms with Gasteiger partial charge in [-0.2, -0.15) is 4.98 Å². The summed E-state index contributed by atoms with van der Waals surface area (Å²) in [7, 11) is 0. The topological polar surface area (TPSA) is 77.7 Å². The summed E-state index contributed by atoms with van der Waals surface area (Å²) in [5, 5.41) is 4.03. The van der Waals surface area contributed by atoms with E-state index in [-0.39, 0.29) is 24.4 Å². The number of aromatic nitrogens is 2. The van der Waals surface area contributed by atoms with E-state index < -0.39 is 0 Å². The first kappa shape index (κ1) is 21.0. The summed E-state index contributed by atoms with van der Waals surface area (Å²) in [5.74, 6) is 0.922. The Hall–Kier alpha value is -3.26. The van der Waals surface area contributed by atoms with Crippen molar-refractivity contribution in [3.8, 4) is 5.75 Å². The van der Waals surface area contributed by atoms with Crippen molar-refractivity contribution in [2.45, 2.75) is 31.9 Å². The van der Waals surface area contributed by atoms with Crippen LogP contribution in [0.15, 0.2) is 59.1 Å². The Balaban J connectivity index is 1.26. The molecule has 2 heterocycles. The fourth-order valence-electron chi connectivity index (χ4n) is 3.51. The van der Waals surface area contributed by atoms with Gasteiger partial charge in [0.2, 0.25) is 5.89 Å². The Kier molecular flexibility index (Phi) is 6.89. The van der Waals surface area contributed by atoms with Gasteiger partial charge in [0.05, 0.1) is 13.2 Å². The zero-order valence-electron chi connectivity index (χ0n) is 17.1. The molecule has 3 aromatic rings. The van der Waals surface area contributed by atoms with E-state index in [2.05, 4.69) is 10.1 Å². The van der Waals surface area contributed by atoms with Gasteiger partial charge in [0, 0.05) is 13.0 Å². The summed E-state index contributed by atoms with van der Waals surface area (Å²) in [5.41, 5.74) is 1.11. The molecule has 0 aliphatic carbocycles. The van der Waals surface area contributed by atoms with Crippen molar-refractivity contribution < 1.29 is 23.2 Å². The van der Waals surface area contributed by atoms with E-state index in [1.54, 1.807) is 4.90 Å². The van der Waals surface area contributed by atoms with Crippen LogP contribution in [-0.4, -0.2) is 40.7 Å². The standard InChI is InChI=1S/C23H24FN3O4/c24-18-8-10-19(11-9-18)30-16-22(28)27-13-4-7-20(27)23-25-21(26-31-23)12-14-29-15-17-5-2-1-3-6-17/h1-3,5-6,8-11,20H,4,7,12-16H2. The lowest BCUT2D eigenvalue weighted by Crippen LogP contribution is -2.34. The molecule has 1 amide bonds. The van der Waals surface area contributed by atoms with Crippen molar-refractivity contribution in [3.05, 3.63) is 77.7 Å². The fourth-order valence-corrected chi connectivity index (χ4v) is 3.51. The second kappa shape index (κ2) is 10.2. The third-order valence-electron chi connectivity index (χ3n) is 5.10. The van der Waals surface area contributed by atoms with Gasteiger partial charge in [-0.1, -0.05) is 35.5 Å². The van der Waals surface area contributed by atoms with Crippen LogP contribution < -0.4 is 4.74 Å². The van der Waals surface area contributed by atoms with Crippen molar-refractivity contribution in [1.29, 1.82) is 0 Å². The number of benzene rings is 2. The Morgan fingerprint density at radius 2 is 1.97 bits per heavy atom. The molecule has 2 aromatic carbocycles. The summed E-state index contributed by atoms with van der Waals surface area (Å²) in [6.07, 6.45) is 2.14. The van der Waals surface area contributed by atoms with E-state index in [4.69, 9.17) is 14.0 Å². The van der Waals surface area contributed by atoms with Crippen LogP contribution in [0.2, 0.25) is 0 Å². The predicted molar refractivity (Wildman–Crippen MR) is 110 cm³/mol. The molecule has 1 aliphatic heterocycles. The summed E-state index contributed by atoms with van der Waals surface area (Å²) >= 11 is 0. The zero-order valence-corrected chi connectivity index (χ0v) is 17.1. The van der Waals surface area contributed by atoms with Crippen LogP contribution in [0, 0.1) is 5.82 Å². The first-order valence-electron chi connectivity index (χ1n) is 10.3. The number of halogens is 1. The van der Waals surface area contributed by atoms with Crippen molar-refractivity contribution in [2.24, 2.45) is 0 Å². The number of ether oxygens (including phenoxy) is 2. The fraction of sp³-hybridized carbons (Fsp3) is 0.348. The quantitative estimate of drug-likeness (QED) is 0.487. The molecule has 31 heavy (non-hydrogen) atoms. The van der Waals surface area contributed by atoms with Gasteiger partial charge >= 0.3 is 0 Å². The molecular formula is C23H24FN3O4. The molecule has 0 spiro atoms. The van der Waals surface area contributed by atoms with Crippen molar-refractivity contribution in [2.75, 3.05) is 19.8 Å². The molecule has 7 nitrogen and oxygen atoms in total. The Morgan fingerprint density at radius 3 is 2.77 bits per heavy atom. The first-order chi connectivity index (χ1) is 15.2. The summed E-state index contributed by atoms with van der Waals surface area (Å²) in [6, 6.07) is 15.3. The number of hydrogen-bond acceptors (Lipinski definition) is 6. The minimum Gasteiger partial charge on any atom is -0.484 e. The Morgan fingerprint density at radius 1 is 1.16 bits per heavy atom. The van der Waals surface area contributed by atoms with Crippen LogP contribution in [-0.2, 0) is 22.6 Å². The molecule has 162 valence electrons. The molecule has 0 saturated carbocycles. The number of carbonyl (C=O) groups excluding carboxylic acids is 1. The maximum Gasteiger partial charge on any atom is 0.261 e. The van der Waals surface area contributed by atoms with Gasteiger partial charge in [0.15, 0.2) is 12.4 Å². The Bertz CT molecular complexity index is 978. The molecule has 0 bridgehead atoms. The van der Waals surface area contributed by atoms with Crippen LogP contribution in [0.3, 0.4) is 0 Å². The van der Waals surface area contributed by atoms with Gasteiger partial charge in [0.1, 0.15) is 17.6 Å². The van der Waals surface area contributed by atoms with E-state index in [1.807, 2.05) is 30.3 Å². The second-order valence-electron chi connectivity index (χ2n) is 7.32. The molecule has 1 aromatic heterocycles. The van der Waals surface area contributed by atoms with E-state index in [0.29, 0.717) is 43.6 Å². The van der Waals surface area contributed by atoms with Gasteiger partial charge in [-0.15, -0.1) is 0 Å². The van der Waals surface area contributed by atoms with E-state index in [1.165, 1.54) is 24.3 Å². The number of likely N-dealkylation sites (tertiary alicyclic amines) is 1. The molecular weight excluding hydrogens is 401 g/mol. The molecule has 1 unspecified atom stereocenters. The van der Waals surface area contributed by atoms with E-state index in [0.717, 1.165) is 18.4 Å². The highest BCUT2D eigenvalue weighted by Gasteiger charge is 2.34. The molecule has 4 rings (SSSR count). The summed E-state index contributed by atoms with van der Waals surface area (Å²) in [6.45, 7) is 1.49. The zero-order chi connectivity index (χ0) is 21.5. The Labute approximate surface area is 179 Å². The molecule has 8 heteroatoms. The van der Waals surface area contributed by atoms with Gasteiger partial charge in [-0.3, -0.25) is 4.79 Å². The lowest BCUT2D eigenvalue weighted by Gasteiger charge is -2.21. The lowest BCUT2D eigenvalue weighted by atomic mass is 10.2. The van der Waals surface area contributed by atoms with Crippen molar-refractivity contribution in [3.63, 3.8) is 0 Å². The molecule has 1 fully saturated rings. The largest absolute Gasteiger partial charge is 0.484 e. The number of amides is 1. The molecule has 0 N–H and O–H groups in total. The average molecular weight is 425 g/mol. The molecule has 1 atom stereocenters. The number of hydrogen-bond donors (Lipinski definition) is 0. The maximum absolute atomic E-state index is 13.0. The highest BCUT2D eigenvalue weighted by molar-refractivity contribution is 5.78. The molecule has 0 radical (unpaired) electrons.